The molecule has 3 rings (SSSR count). The van der Waals surface area contributed by atoms with E-state index in [2.05, 4.69) is 44.5 Å². The predicted octanol–water partition coefficient (Wildman–Crippen LogP) is 1.42. The SMILES string of the molecule is COCCNC(=O)c1cc(N2CCc3ccccc3C2)ncn1. The first-order chi connectivity index (χ1) is 11.3. The molecule has 0 unspecified atom stereocenters. The van der Waals surface area contributed by atoms with Crippen LogP contribution >= 0.6 is 0 Å². The van der Waals surface area contributed by atoms with Crippen molar-refractivity contribution in [1.29, 1.82) is 0 Å². The number of hydrogen-bond donors (Lipinski definition) is 1. The van der Waals surface area contributed by atoms with Gasteiger partial charge in [-0.2, -0.15) is 0 Å². The van der Waals surface area contributed by atoms with Crippen molar-refractivity contribution in [3.63, 3.8) is 0 Å². The van der Waals surface area contributed by atoms with Gasteiger partial charge in [0.1, 0.15) is 17.8 Å². The molecule has 1 aromatic heterocycles. The predicted molar refractivity (Wildman–Crippen MR) is 87.4 cm³/mol. The summed E-state index contributed by atoms with van der Waals surface area (Å²) in [6.45, 7) is 2.63. The molecule has 2 aromatic rings. The lowest BCUT2D eigenvalue weighted by molar-refractivity contribution is 0.0932. The van der Waals surface area contributed by atoms with E-state index < -0.39 is 0 Å². The van der Waals surface area contributed by atoms with Crippen molar-refractivity contribution in [3.8, 4) is 0 Å². The van der Waals surface area contributed by atoms with Crippen LogP contribution in [0.1, 0.15) is 21.6 Å². The lowest BCUT2D eigenvalue weighted by atomic mass is 10.00. The molecule has 0 fully saturated rings. The van der Waals surface area contributed by atoms with Crippen LogP contribution in [0.2, 0.25) is 0 Å². The van der Waals surface area contributed by atoms with Crippen LogP contribution in [0.5, 0.6) is 0 Å². The monoisotopic (exact) mass is 312 g/mol. The van der Waals surface area contributed by atoms with Crippen LogP contribution in [0, 0.1) is 0 Å². The van der Waals surface area contributed by atoms with Crippen molar-refractivity contribution in [1.82, 2.24) is 15.3 Å². The van der Waals surface area contributed by atoms with Crippen LogP contribution in [-0.4, -0.2) is 42.7 Å². The maximum Gasteiger partial charge on any atom is 0.270 e. The number of fused-ring (bicyclic) bond motifs is 1. The zero-order chi connectivity index (χ0) is 16.1. The van der Waals surface area contributed by atoms with Crippen LogP contribution in [0.15, 0.2) is 36.7 Å². The molecule has 0 bridgehead atoms. The zero-order valence-electron chi connectivity index (χ0n) is 13.2. The van der Waals surface area contributed by atoms with Crippen molar-refractivity contribution in [3.05, 3.63) is 53.5 Å². The number of ether oxygens (including phenoxy) is 1. The normalized spacial score (nSPS) is 13.5. The number of amides is 1. The number of anilines is 1. The fourth-order valence-electron chi connectivity index (χ4n) is 2.69. The van der Waals surface area contributed by atoms with Crippen LogP contribution in [0.3, 0.4) is 0 Å². The molecule has 0 atom stereocenters. The number of rotatable bonds is 5. The highest BCUT2D eigenvalue weighted by atomic mass is 16.5. The molecule has 6 heteroatoms. The Kier molecular flexibility index (Phi) is 4.83. The lowest BCUT2D eigenvalue weighted by Gasteiger charge is -2.29. The topological polar surface area (TPSA) is 67.3 Å². The number of aromatic nitrogens is 2. The molecule has 1 aliphatic rings. The average Bonchev–Trinajstić information content (AvgIpc) is 2.61. The fraction of sp³-hybridized carbons (Fsp3) is 0.353. The van der Waals surface area contributed by atoms with Gasteiger partial charge in [-0.15, -0.1) is 0 Å². The molecule has 0 spiro atoms. The summed E-state index contributed by atoms with van der Waals surface area (Å²) in [5.74, 6) is 0.578. The molecule has 120 valence electrons. The standard InChI is InChI=1S/C17H20N4O2/c1-23-9-7-18-17(22)15-10-16(20-12-19-15)21-8-6-13-4-2-3-5-14(13)11-21/h2-5,10,12H,6-9,11H2,1H3,(H,18,22). The molecule has 1 amide bonds. The minimum atomic E-state index is -0.205. The number of benzene rings is 1. The van der Waals surface area contributed by atoms with Crippen LogP contribution in [0.25, 0.3) is 0 Å². The Labute approximate surface area is 135 Å². The number of methoxy groups -OCH3 is 1. The Morgan fingerprint density at radius 2 is 2.13 bits per heavy atom. The highest BCUT2D eigenvalue weighted by Crippen LogP contribution is 2.22. The van der Waals surface area contributed by atoms with Crippen molar-refractivity contribution in [2.24, 2.45) is 0 Å². The van der Waals surface area contributed by atoms with Crippen LogP contribution < -0.4 is 10.2 Å². The summed E-state index contributed by atoms with van der Waals surface area (Å²) in [5.41, 5.74) is 3.07. The summed E-state index contributed by atoms with van der Waals surface area (Å²) in [4.78, 5) is 22.6. The first-order valence-corrected chi connectivity index (χ1v) is 7.69. The zero-order valence-corrected chi connectivity index (χ0v) is 13.2. The second-order valence-corrected chi connectivity index (χ2v) is 5.45. The van der Waals surface area contributed by atoms with Gasteiger partial charge in [0, 0.05) is 32.8 Å². The molecule has 0 saturated carbocycles. The van der Waals surface area contributed by atoms with Gasteiger partial charge in [-0.1, -0.05) is 24.3 Å². The Hall–Kier alpha value is -2.47. The number of hydrogen-bond acceptors (Lipinski definition) is 5. The molecule has 1 aliphatic heterocycles. The first-order valence-electron chi connectivity index (χ1n) is 7.69. The highest BCUT2D eigenvalue weighted by Gasteiger charge is 2.18. The quantitative estimate of drug-likeness (QED) is 0.846. The molecular formula is C17H20N4O2. The number of nitrogens with one attached hydrogen (secondary N) is 1. The van der Waals surface area contributed by atoms with Crippen molar-refractivity contribution < 1.29 is 9.53 Å². The maximum absolute atomic E-state index is 12.1. The summed E-state index contributed by atoms with van der Waals surface area (Å²) in [5, 5.41) is 2.77. The molecule has 0 saturated heterocycles. The molecule has 6 nitrogen and oxygen atoms in total. The van der Waals surface area contributed by atoms with E-state index in [1.165, 1.54) is 17.5 Å². The lowest BCUT2D eigenvalue weighted by Crippen LogP contribution is -2.32. The summed E-state index contributed by atoms with van der Waals surface area (Å²) < 4.78 is 4.92. The first kappa shape index (κ1) is 15.4. The van der Waals surface area contributed by atoms with Crippen LogP contribution in [-0.2, 0) is 17.7 Å². The van der Waals surface area contributed by atoms with Gasteiger partial charge in [0.25, 0.3) is 5.91 Å². The van der Waals surface area contributed by atoms with Crippen molar-refractivity contribution in [2.45, 2.75) is 13.0 Å². The third kappa shape index (κ3) is 3.65. The maximum atomic E-state index is 12.1. The number of carbonyl (C=O) groups is 1. The summed E-state index contributed by atoms with van der Waals surface area (Å²) >= 11 is 0. The van der Waals surface area contributed by atoms with E-state index in [-0.39, 0.29) is 5.91 Å². The average molecular weight is 312 g/mol. The number of carbonyl (C=O) groups excluding carboxylic acids is 1. The Balaban J connectivity index is 1.72. The summed E-state index contributed by atoms with van der Waals surface area (Å²) in [6.07, 6.45) is 2.43. The van der Waals surface area contributed by atoms with E-state index in [4.69, 9.17) is 4.74 Å². The minimum Gasteiger partial charge on any atom is -0.383 e. The van der Waals surface area contributed by atoms with E-state index in [9.17, 15) is 4.79 Å². The van der Waals surface area contributed by atoms with E-state index in [1.54, 1.807) is 13.2 Å². The van der Waals surface area contributed by atoms with Gasteiger partial charge in [-0.25, -0.2) is 9.97 Å². The molecule has 0 radical (unpaired) electrons. The Morgan fingerprint density at radius 1 is 1.30 bits per heavy atom. The highest BCUT2D eigenvalue weighted by molar-refractivity contribution is 5.92. The van der Waals surface area contributed by atoms with E-state index in [0.29, 0.717) is 18.8 Å². The van der Waals surface area contributed by atoms with E-state index in [0.717, 1.165) is 25.3 Å². The largest absolute Gasteiger partial charge is 0.383 e. The molecule has 0 aliphatic carbocycles. The third-order valence-corrected chi connectivity index (χ3v) is 3.93. The van der Waals surface area contributed by atoms with Crippen LogP contribution in [0.4, 0.5) is 5.82 Å². The van der Waals surface area contributed by atoms with Gasteiger partial charge in [-0.3, -0.25) is 4.79 Å². The molecule has 1 N–H and O–H groups in total. The fourth-order valence-corrected chi connectivity index (χ4v) is 2.69. The van der Waals surface area contributed by atoms with Gasteiger partial charge in [0.2, 0.25) is 0 Å². The van der Waals surface area contributed by atoms with E-state index >= 15 is 0 Å². The Morgan fingerprint density at radius 3 is 2.96 bits per heavy atom. The summed E-state index contributed by atoms with van der Waals surface area (Å²) in [7, 11) is 1.60. The second-order valence-electron chi connectivity index (χ2n) is 5.45. The van der Waals surface area contributed by atoms with E-state index in [1.807, 2.05) is 0 Å². The van der Waals surface area contributed by atoms with Gasteiger partial charge >= 0.3 is 0 Å². The molecule has 2 heterocycles. The Bertz CT molecular complexity index is 690. The van der Waals surface area contributed by atoms with Crippen molar-refractivity contribution >= 4 is 11.7 Å². The smallest absolute Gasteiger partial charge is 0.270 e. The van der Waals surface area contributed by atoms with Gasteiger partial charge in [0.15, 0.2) is 0 Å². The van der Waals surface area contributed by atoms with Crippen molar-refractivity contribution in [2.75, 3.05) is 31.7 Å². The second kappa shape index (κ2) is 7.19. The molecular weight excluding hydrogens is 292 g/mol. The summed E-state index contributed by atoms with van der Waals surface area (Å²) in [6, 6.07) is 10.2. The van der Waals surface area contributed by atoms with Gasteiger partial charge < -0.3 is 15.0 Å². The molecule has 23 heavy (non-hydrogen) atoms. The van der Waals surface area contributed by atoms with Gasteiger partial charge in [-0.05, 0) is 17.5 Å². The third-order valence-electron chi connectivity index (χ3n) is 3.93. The van der Waals surface area contributed by atoms with Gasteiger partial charge in [0.05, 0.1) is 6.61 Å². The molecule has 1 aromatic carbocycles. The minimum absolute atomic E-state index is 0.205. The number of nitrogens with zero attached hydrogens (tertiary/aromatic N) is 3.